The zero-order valence-corrected chi connectivity index (χ0v) is 39.6. The van der Waals surface area contributed by atoms with E-state index in [4.69, 9.17) is 0 Å². The van der Waals surface area contributed by atoms with E-state index >= 15 is 0 Å². The first-order valence-corrected chi connectivity index (χ1v) is 26.4. The van der Waals surface area contributed by atoms with Crippen LogP contribution in [0.25, 0.3) is 60.2 Å². The third-order valence-electron chi connectivity index (χ3n) is 19.1. The number of para-hydroxylation sites is 3. The largest absolute Gasteiger partial charge is 0.309 e. The van der Waals surface area contributed by atoms with E-state index in [1.165, 1.54) is 136 Å². The van der Waals surface area contributed by atoms with Crippen LogP contribution in [0.3, 0.4) is 0 Å². The highest BCUT2D eigenvalue weighted by Gasteiger charge is 2.80. The van der Waals surface area contributed by atoms with E-state index in [1.54, 1.807) is 5.56 Å². The van der Waals surface area contributed by atoms with Crippen molar-refractivity contribution in [3.05, 3.63) is 240 Å². The van der Waals surface area contributed by atoms with Crippen LogP contribution in [0.15, 0.2) is 222 Å². The van der Waals surface area contributed by atoms with Crippen molar-refractivity contribution >= 4 is 72.2 Å². The molecule has 332 valence electrons. The van der Waals surface area contributed by atoms with Gasteiger partial charge >= 0.3 is 0 Å². The van der Waals surface area contributed by atoms with Crippen LogP contribution >= 0.6 is 11.8 Å². The summed E-state index contributed by atoms with van der Waals surface area (Å²) < 4.78 is 2.55. The molecule has 1 aromatic heterocycles. The standard InChI is InChI=1S/C67H48N2S/c1-2-14-49-43(13-1)36-54(51-16-4-3-15-50(49)51)42-27-31-47(32-28-42)68(48-33-29-44(30-34-48)65-38-41-35-45-37-46(40-65)66(45,65)39-41)61-25-12-22-58-64(61)70-62-26-10-7-20-56(62)67(58)55-19-6-9-24-60(55)69-59-23-8-5-17-52(59)53-18-11-21-57(67)63(53)69/h1-34,36,41,45-46H,35,37-40H2. The summed E-state index contributed by atoms with van der Waals surface area (Å²) in [5.41, 5.74) is 17.2. The molecule has 0 amide bonds. The Hall–Kier alpha value is -7.33. The molecule has 17 rings (SSSR count). The lowest BCUT2D eigenvalue weighted by molar-refractivity contribution is -0.198. The van der Waals surface area contributed by atoms with Crippen LogP contribution in [0.1, 0.15) is 59.9 Å². The Morgan fingerprint density at radius 2 is 1.16 bits per heavy atom. The number of anilines is 3. The normalized spacial score (nSPS) is 24.8. The molecule has 4 fully saturated rings. The molecule has 2 spiro atoms. The van der Waals surface area contributed by atoms with Gasteiger partial charge in [-0.2, -0.15) is 0 Å². The molecule has 0 N–H and O–H groups in total. The van der Waals surface area contributed by atoms with E-state index in [2.05, 4.69) is 222 Å². The fourth-order valence-corrected chi connectivity index (χ4v) is 17.9. The summed E-state index contributed by atoms with van der Waals surface area (Å²) in [6, 6.07) is 81.4. The van der Waals surface area contributed by atoms with Crippen molar-refractivity contribution in [1.29, 1.82) is 0 Å². The van der Waals surface area contributed by atoms with Gasteiger partial charge < -0.3 is 9.47 Å². The maximum Gasteiger partial charge on any atom is 0.0765 e. The Labute approximate surface area is 412 Å². The Balaban J connectivity index is 0.895. The minimum absolute atomic E-state index is 0.382. The van der Waals surface area contributed by atoms with Crippen LogP contribution < -0.4 is 4.90 Å². The van der Waals surface area contributed by atoms with Crippen molar-refractivity contribution in [3.8, 4) is 16.8 Å². The monoisotopic (exact) mass is 912 g/mol. The summed E-state index contributed by atoms with van der Waals surface area (Å²) >= 11 is 1.94. The zero-order valence-electron chi connectivity index (χ0n) is 38.8. The third kappa shape index (κ3) is 4.56. The summed E-state index contributed by atoms with van der Waals surface area (Å²) in [5.74, 6) is 2.84. The molecule has 11 aromatic rings. The average molecular weight is 913 g/mol. The predicted octanol–water partition coefficient (Wildman–Crippen LogP) is 17.5. The van der Waals surface area contributed by atoms with Gasteiger partial charge in [-0.25, -0.2) is 0 Å². The van der Waals surface area contributed by atoms with E-state index in [0.29, 0.717) is 10.8 Å². The van der Waals surface area contributed by atoms with Crippen molar-refractivity contribution < 1.29 is 0 Å². The lowest BCUT2D eigenvalue weighted by Crippen LogP contribution is -2.68. The Morgan fingerprint density at radius 3 is 2.00 bits per heavy atom. The van der Waals surface area contributed by atoms with Crippen LogP contribution in [-0.4, -0.2) is 4.57 Å². The van der Waals surface area contributed by atoms with Gasteiger partial charge in [-0.15, -0.1) is 0 Å². The molecule has 70 heavy (non-hydrogen) atoms. The topological polar surface area (TPSA) is 8.17 Å². The highest BCUT2D eigenvalue weighted by molar-refractivity contribution is 7.99. The van der Waals surface area contributed by atoms with Gasteiger partial charge in [-0.1, -0.05) is 169 Å². The molecule has 6 atom stereocenters. The second-order valence-electron chi connectivity index (χ2n) is 21.7. The van der Waals surface area contributed by atoms with Crippen LogP contribution in [0.4, 0.5) is 17.1 Å². The summed E-state index contributed by atoms with van der Waals surface area (Å²) in [7, 11) is 0. The molecule has 3 heterocycles. The Kier molecular flexibility index (Phi) is 7.43. The van der Waals surface area contributed by atoms with E-state index < -0.39 is 5.41 Å². The first-order valence-electron chi connectivity index (χ1n) is 25.6. The van der Waals surface area contributed by atoms with Crippen LogP contribution in [0, 0.1) is 23.2 Å². The van der Waals surface area contributed by atoms with Gasteiger partial charge in [-0.05, 0) is 170 Å². The molecule has 2 bridgehead atoms. The highest BCUT2D eigenvalue weighted by Crippen LogP contribution is 2.86. The minimum Gasteiger partial charge on any atom is -0.309 e. The molecule has 2 aliphatic heterocycles. The summed E-state index contributed by atoms with van der Waals surface area (Å²) in [4.78, 5) is 5.19. The molecule has 4 saturated carbocycles. The SMILES string of the molecule is c1ccc2c(c1)Sc1c(N(c3ccc(-c4cc5ccccc5c5ccccc45)cc3)c3ccc(C45CC6CC7CC(C4)C75C6)cc3)cccc1C21c2ccccc2-n2c3ccccc3c3cccc1c32. The molecule has 2 nitrogen and oxygen atoms in total. The quantitative estimate of drug-likeness (QED) is 0.159. The Bertz CT molecular complexity index is 4070. The molecule has 0 radical (unpaired) electrons. The van der Waals surface area contributed by atoms with Gasteiger partial charge in [0.25, 0.3) is 0 Å². The van der Waals surface area contributed by atoms with Crippen molar-refractivity contribution in [2.24, 2.45) is 23.2 Å². The van der Waals surface area contributed by atoms with Gasteiger partial charge in [0.15, 0.2) is 0 Å². The second kappa shape index (κ2) is 13.5. The molecule has 0 saturated heterocycles. The fourth-order valence-electron chi connectivity index (χ4n) is 16.6. The van der Waals surface area contributed by atoms with Gasteiger partial charge in [-0.3, -0.25) is 0 Å². The molecule has 6 aliphatic rings. The number of benzene rings is 10. The number of rotatable bonds is 5. The van der Waals surface area contributed by atoms with Crippen molar-refractivity contribution in [2.75, 3.05) is 4.90 Å². The van der Waals surface area contributed by atoms with Crippen molar-refractivity contribution in [2.45, 2.75) is 52.7 Å². The smallest absolute Gasteiger partial charge is 0.0765 e. The third-order valence-corrected chi connectivity index (χ3v) is 20.3. The van der Waals surface area contributed by atoms with Gasteiger partial charge in [0.05, 0.1) is 27.8 Å². The van der Waals surface area contributed by atoms with Gasteiger partial charge in [0, 0.05) is 37.4 Å². The van der Waals surface area contributed by atoms with Crippen molar-refractivity contribution in [1.82, 2.24) is 4.57 Å². The molecule has 6 unspecified atom stereocenters. The highest BCUT2D eigenvalue weighted by atomic mass is 32.2. The molecule has 10 aromatic carbocycles. The second-order valence-corrected chi connectivity index (χ2v) is 22.7. The predicted molar refractivity (Wildman–Crippen MR) is 290 cm³/mol. The first kappa shape index (κ1) is 38.5. The Morgan fingerprint density at radius 1 is 0.486 bits per heavy atom. The summed E-state index contributed by atoms with van der Waals surface area (Å²) in [6.45, 7) is 0. The van der Waals surface area contributed by atoms with E-state index in [0.717, 1.165) is 23.4 Å². The lowest BCUT2D eigenvalue weighted by atomic mass is 9.31. The maximum atomic E-state index is 2.58. The number of fused-ring (bicyclic) bond motifs is 15. The summed E-state index contributed by atoms with van der Waals surface area (Å²) in [6.07, 6.45) is 7.23. The average Bonchev–Trinajstić information content (AvgIpc) is 4.07. The van der Waals surface area contributed by atoms with E-state index in [1.807, 2.05) is 11.8 Å². The van der Waals surface area contributed by atoms with Crippen LogP contribution in [0.5, 0.6) is 0 Å². The lowest BCUT2D eigenvalue weighted by Gasteiger charge is -2.73. The molecular weight excluding hydrogens is 865 g/mol. The first-order chi connectivity index (χ1) is 34.6. The number of hydrogen-bond acceptors (Lipinski definition) is 2. The minimum atomic E-state index is -0.565. The van der Waals surface area contributed by atoms with E-state index in [-0.39, 0.29) is 0 Å². The number of hydrogen-bond donors (Lipinski definition) is 0. The number of aromatic nitrogens is 1. The molecule has 3 heteroatoms. The van der Waals surface area contributed by atoms with Crippen molar-refractivity contribution in [3.63, 3.8) is 0 Å². The summed E-state index contributed by atoms with van der Waals surface area (Å²) in [5, 5.41) is 7.74. The van der Waals surface area contributed by atoms with Gasteiger partial charge in [0.2, 0.25) is 0 Å². The maximum absolute atomic E-state index is 2.58. The van der Waals surface area contributed by atoms with Crippen LogP contribution in [0.2, 0.25) is 0 Å². The number of nitrogens with zero attached hydrogens (tertiary/aromatic N) is 2. The molecule has 4 aliphatic carbocycles. The zero-order chi connectivity index (χ0) is 45.5. The van der Waals surface area contributed by atoms with Crippen LogP contribution in [-0.2, 0) is 10.8 Å². The molecular formula is C67H48N2S. The fraction of sp³-hybridized carbons (Fsp3) is 0.164. The van der Waals surface area contributed by atoms with E-state index in [9.17, 15) is 0 Å². The van der Waals surface area contributed by atoms with Gasteiger partial charge in [0.1, 0.15) is 0 Å².